The fraction of sp³-hybridized carbons (Fsp3) is 0.188. The second kappa shape index (κ2) is 6.81. The predicted octanol–water partition coefficient (Wildman–Crippen LogP) is 2.42. The summed E-state index contributed by atoms with van der Waals surface area (Å²) in [5.41, 5.74) is 0.0796. The zero-order valence-electron chi connectivity index (χ0n) is 13.3. The first-order valence-electron chi connectivity index (χ1n) is 7.50. The van der Waals surface area contributed by atoms with Crippen LogP contribution in [0.25, 0.3) is 10.2 Å². The average molecular weight is 358 g/mol. The standard InChI is InChI=1S/C16H14N4O4S/c1-2-19(16-17-12-5-3-4-6-13(12)25-16)15(22)10-18-9-11(20(23)24)7-8-14(18)21/h3-9H,2,10H2,1H3. The Kier molecular flexibility index (Phi) is 4.57. The van der Waals surface area contributed by atoms with E-state index in [9.17, 15) is 19.7 Å². The van der Waals surface area contributed by atoms with Gasteiger partial charge in [-0.2, -0.15) is 0 Å². The largest absolute Gasteiger partial charge is 0.299 e. The van der Waals surface area contributed by atoms with Crippen molar-refractivity contribution in [2.75, 3.05) is 11.4 Å². The molecule has 0 aliphatic rings. The summed E-state index contributed by atoms with van der Waals surface area (Å²) in [5, 5.41) is 11.4. The number of rotatable bonds is 5. The van der Waals surface area contributed by atoms with E-state index in [-0.39, 0.29) is 18.1 Å². The highest BCUT2D eigenvalue weighted by Gasteiger charge is 2.19. The van der Waals surface area contributed by atoms with Crippen LogP contribution in [-0.2, 0) is 11.3 Å². The van der Waals surface area contributed by atoms with Crippen LogP contribution in [0.4, 0.5) is 10.8 Å². The number of hydrogen-bond acceptors (Lipinski definition) is 6. The van der Waals surface area contributed by atoms with Crippen LogP contribution in [0.3, 0.4) is 0 Å². The third-order valence-corrected chi connectivity index (χ3v) is 4.67. The summed E-state index contributed by atoms with van der Waals surface area (Å²) < 4.78 is 1.99. The lowest BCUT2D eigenvalue weighted by Crippen LogP contribution is -2.36. The number of benzene rings is 1. The Bertz CT molecular complexity index is 978. The Morgan fingerprint density at radius 2 is 2.08 bits per heavy atom. The molecule has 25 heavy (non-hydrogen) atoms. The van der Waals surface area contributed by atoms with Crippen LogP contribution in [0.15, 0.2) is 47.4 Å². The van der Waals surface area contributed by atoms with E-state index in [1.54, 1.807) is 6.92 Å². The Morgan fingerprint density at radius 3 is 2.76 bits per heavy atom. The van der Waals surface area contributed by atoms with Crippen molar-refractivity contribution in [3.8, 4) is 0 Å². The summed E-state index contributed by atoms with van der Waals surface area (Å²) in [6.45, 7) is 1.90. The first kappa shape index (κ1) is 16.8. The van der Waals surface area contributed by atoms with Crippen molar-refractivity contribution in [2.24, 2.45) is 0 Å². The van der Waals surface area contributed by atoms with Gasteiger partial charge in [0.15, 0.2) is 5.13 Å². The lowest BCUT2D eigenvalue weighted by atomic mass is 10.3. The molecule has 0 atom stereocenters. The van der Waals surface area contributed by atoms with Crippen LogP contribution >= 0.6 is 11.3 Å². The normalized spacial score (nSPS) is 10.8. The molecule has 0 fully saturated rings. The third kappa shape index (κ3) is 3.41. The highest BCUT2D eigenvalue weighted by molar-refractivity contribution is 7.22. The number of thiazole rings is 1. The number of pyridine rings is 1. The SMILES string of the molecule is CCN(C(=O)Cn1cc([N+](=O)[O-])ccc1=O)c1nc2ccccc2s1. The number of aromatic nitrogens is 2. The summed E-state index contributed by atoms with van der Waals surface area (Å²) in [6, 6.07) is 9.74. The van der Waals surface area contributed by atoms with E-state index in [2.05, 4.69) is 4.98 Å². The summed E-state index contributed by atoms with van der Waals surface area (Å²) in [7, 11) is 0. The van der Waals surface area contributed by atoms with Crippen LogP contribution in [0.2, 0.25) is 0 Å². The van der Waals surface area contributed by atoms with E-state index < -0.39 is 10.5 Å². The molecule has 3 aromatic rings. The maximum absolute atomic E-state index is 12.6. The van der Waals surface area contributed by atoms with Gasteiger partial charge in [0.2, 0.25) is 5.91 Å². The molecule has 2 heterocycles. The predicted molar refractivity (Wildman–Crippen MR) is 95.0 cm³/mol. The molecule has 0 aliphatic carbocycles. The fourth-order valence-corrected chi connectivity index (χ4v) is 3.42. The van der Waals surface area contributed by atoms with Crippen LogP contribution in [-0.4, -0.2) is 26.9 Å². The van der Waals surface area contributed by atoms with Crippen LogP contribution in [0.1, 0.15) is 6.92 Å². The summed E-state index contributed by atoms with van der Waals surface area (Å²) >= 11 is 1.38. The van der Waals surface area contributed by atoms with Crippen molar-refractivity contribution in [3.63, 3.8) is 0 Å². The lowest BCUT2D eigenvalue weighted by Gasteiger charge is -2.18. The molecule has 3 rings (SSSR count). The van der Waals surface area contributed by atoms with E-state index in [0.717, 1.165) is 33.1 Å². The molecular formula is C16H14N4O4S. The van der Waals surface area contributed by atoms with E-state index in [4.69, 9.17) is 0 Å². The van der Waals surface area contributed by atoms with Gasteiger partial charge in [-0.3, -0.25) is 29.2 Å². The second-order valence-corrected chi connectivity index (χ2v) is 6.22. The summed E-state index contributed by atoms with van der Waals surface area (Å²) in [6.07, 6.45) is 1.08. The number of fused-ring (bicyclic) bond motifs is 1. The molecule has 1 amide bonds. The van der Waals surface area contributed by atoms with Gasteiger partial charge in [-0.05, 0) is 19.1 Å². The molecule has 8 nitrogen and oxygen atoms in total. The molecule has 0 radical (unpaired) electrons. The van der Waals surface area contributed by atoms with Gasteiger partial charge in [0.05, 0.1) is 21.3 Å². The number of carbonyl (C=O) groups is 1. The van der Waals surface area contributed by atoms with Crippen LogP contribution in [0, 0.1) is 10.1 Å². The highest BCUT2D eigenvalue weighted by Crippen LogP contribution is 2.28. The molecule has 0 saturated heterocycles. The van der Waals surface area contributed by atoms with Gasteiger partial charge >= 0.3 is 0 Å². The lowest BCUT2D eigenvalue weighted by molar-refractivity contribution is -0.385. The van der Waals surface area contributed by atoms with Crippen molar-refractivity contribution in [2.45, 2.75) is 13.5 Å². The van der Waals surface area contributed by atoms with Crippen molar-refractivity contribution in [1.82, 2.24) is 9.55 Å². The Hall–Kier alpha value is -3.07. The molecule has 0 spiro atoms. The van der Waals surface area contributed by atoms with Crippen molar-refractivity contribution >= 4 is 38.3 Å². The molecular weight excluding hydrogens is 344 g/mol. The quantitative estimate of drug-likeness (QED) is 0.515. The topological polar surface area (TPSA) is 98.3 Å². The number of likely N-dealkylation sites (N-methyl/N-ethyl adjacent to an activating group) is 1. The van der Waals surface area contributed by atoms with E-state index in [0.29, 0.717) is 11.7 Å². The van der Waals surface area contributed by atoms with Gasteiger partial charge in [0, 0.05) is 18.7 Å². The smallest absolute Gasteiger partial charge is 0.285 e. The summed E-state index contributed by atoms with van der Waals surface area (Å²) in [4.78, 5) is 40.6. The van der Waals surface area contributed by atoms with E-state index in [1.165, 1.54) is 16.2 Å². The first-order chi connectivity index (χ1) is 12.0. The van der Waals surface area contributed by atoms with Gasteiger partial charge in [-0.25, -0.2) is 4.98 Å². The number of nitro groups is 1. The zero-order valence-corrected chi connectivity index (χ0v) is 14.1. The Balaban J connectivity index is 1.89. The molecule has 9 heteroatoms. The molecule has 0 saturated carbocycles. The molecule has 2 aromatic heterocycles. The van der Waals surface area contributed by atoms with Crippen molar-refractivity contribution < 1.29 is 9.72 Å². The number of para-hydroxylation sites is 1. The van der Waals surface area contributed by atoms with Crippen molar-refractivity contribution in [3.05, 3.63) is 63.1 Å². The number of amides is 1. The van der Waals surface area contributed by atoms with Crippen molar-refractivity contribution in [1.29, 1.82) is 0 Å². The van der Waals surface area contributed by atoms with Crippen LogP contribution in [0.5, 0.6) is 0 Å². The van der Waals surface area contributed by atoms with E-state index in [1.807, 2.05) is 24.3 Å². The molecule has 0 bridgehead atoms. The Morgan fingerprint density at radius 1 is 1.32 bits per heavy atom. The second-order valence-electron chi connectivity index (χ2n) is 5.21. The van der Waals surface area contributed by atoms with Gasteiger partial charge < -0.3 is 0 Å². The monoisotopic (exact) mass is 358 g/mol. The van der Waals surface area contributed by atoms with E-state index >= 15 is 0 Å². The molecule has 0 N–H and O–H groups in total. The summed E-state index contributed by atoms with van der Waals surface area (Å²) in [5.74, 6) is -0.357. The highest BCUT2D eigenvalue weighted by atomic mass is 32.1. The van der Waals surface area contributed by atoms with Gasteiger partial charge in [-0.15, -0.1) is 0 Å². The molecule has 128 valence electrons. The maximum atomic E-state index is 12.6. The number of hydrogen-bond donors (Lipinski definition) is 0. The minimum absolute atomic E-state index is 0.240. The van der Waals surface area contributed by atoms with Gasteiger partial charge in [0.1, 0.15) is 6.54 Å². The third-order valence-electron chi connectivity index (χ3n) is 3.62. The van der Waals surface area contributed by atoms with Gasteiger partial charge in [-0.1, -0.05) is 23.5 Å². The number of anilines is 1. The zero-order chi connectivity index (χ0) is 18.0. The van der Waals surface area contributed by atoms with Gasteiger partial charge in [0.25, 0.3) is 11.2 Å². The minimum atomic E-state index is -0.606. The Labute approximate surface area is 146 Å². The molecule has 0 aliphatic heterocycles. The number of carbonyl (C=O) groups excluding carboxylic acids is 1. The average Bonchev–Trinajstić information content (AvgIpc) is 3.00. The first-order valence-corrected chi connectivity index (χ1v) is 8.32. The maximum Gasteiger partial charge on any atom is 0.285 e. The van der Waals surface area contributed by atoms with Crippen LogP contribution < -0.4 is 10.5 Å². The minimum Gasteiger partial charge on any atom is -0.299 e. The molecule has 0 unspecified atom stereocenters. The number of nitrogens with zero attached hydrogens (tertiary/aromatic N) is 4. The molecule has 1 aromatic carbocycles. The fourth-order valence-electron chi connectivity index (χ4n) is 2.38.